The van der Waals surface area contributed by atoms with E-state index in [9.17, 15) is 17.2 Å². The second-order valence-corrected chi connectivity index (χ2v) is 9.63. The van der Waals surface area contributed by atoms with Crippen LogP contribution in [0.15, 0.2) is 64.1 Å². The molecule has 0 bridgehead atoms. The first-order chi connectivity index (χ1) is 15.3. The molecule has 0 spiro atoms. The van der Waals surface area contributed by atoms with Gasteiger partial charge in [0.25, 0.3) is 0 Å². The normalized spacial score (nSPS) is 11.8. The van der Waals surface area contributed by atoms with Crippen LogP contribution in [-0.2, 0) is 10.0 Å². The molecular formula is C20H15BrClF2N5O2S. The molecule has 0 unspecified atom stereocenters. The molecule has 4 aromatic rings. The van der Waals surface area contributed by atoms with Gasteiger partial charge in [0.1, 0.15) is 22.3 Å². The predicted octanol–water partition coefficient (Wildman–Crippen LogP) is 4.48. The van der Waals surface area contributed by atoms with Gasteiger partial charge in [-0.05, 0) is 34.1 Å². The lowest BCUT2D eigenvalue weighted by Crippen LogP contribution is -2.30. The highest BCUT2D eigenvalue weighted by Crippen LogP contribution is 2.30. The van der Waals surface area contributed by atoms with Gasteiger partial charge in [0.05, 0.1) is 16.4 Å². The van der Waals surface area contributed by atoms with E-state index in [0.29, 0.717) is 32.7 Å². The average molecular weight is 543 g/mol. The Morgan fingerprint density at radius 1 is 1.09 bits per heavy atom. The van der Waals surface area contributed by atoms with Gasteiger partial charge in [0.15, 0.2) is 5.65 Å². The summed E-state index contributed by atoms with van der Waals surface area (Å²) in [6.07, 6.45) is 1.59. The van der Waals surface area contributed by atoms with Crippen molar-refractivity contribution in [2.24, 2.45) is 0 Å². The van der Waals surface area contributed by atoms with Gasteiger partial charge in [-0.25, -0.2) is 26.9 Å². The van der Waals surface area contributed by atoms with Crippen LogP contribution < -0.4 is 10.0 Å². The van der Waals surface area contributed by atoms with Crippen LogP contribution in [0.25, 0.3) is 16.9 Å². The summed E-state index contributed by atoms with van der Waals surface area (Å²) in [7, 11) is -4.15. The van der Waals surface area contributed by atoms with Gasteiger partial charge in [0.2, 0.25) is 10.0 Å². The summed E-state index contributed by atoms with van der Waals surface area (Å²) in [5.41, 5.74) is 1.86. The molecule has 0 fully saturated rings. The van der Waals surface area contributed by atoms with Crippen molar-refractivity contribution >= 4 is 49.0 Å². The third-order valence-corrected chi connectivity index (χ3v) is 6.87. The fourth-order valence-electron chi connectivity index (χ4n) is 3.02. The Morgan fingerprint density at radius 2 is 1.88 bits per heavy atom. The van der Waals surface area contributed by atoms with Gasteiger partial charge >= 0.3 is 0 Å². The Kier molecular flexibility index (Phi) is 6.42. The molecule has 12 heteroatoms. The fraction of sp³-hybridized carbons (Fsp3) is 0.100. The number of aromatic nitrogens is 3. The monoisotopic (exact) mass is 541 g/mol. The lowest BCUT2D eigenvalue weighted by Gasteiger charge is -2.12. The molecule has 2 N–H and O–H groups in total. The molecule has 2 heterocycles. The summed E-state index contributed by atoms with van der Waals surface area (Å²) in [5.74, 6) is -1.47. The highest BCUT2D eigenvalue weighted by Gasteiger charge is 2.19. The van der Waals surface area contributed by atoms with Crippen LogP contribution in [0.4, 0.5) is 14.6 Å². The fourth-order valence-corrected chi connectivity index (χ4v) is 4.69. The zero-order valence-corrected chi connectivity index (χ0v) is 19.3. The molecule has 4 rings (SSSR count). The number of fused-ring (bicyclic) bond motifs is 1. The smallest absolute Gasteiger partial charge is 0.243 e. The van der Waals surface area contributed by atoms with Crippen molar-refractivity contribution in [1.82, 2.24) is 19.3 Å². The second-order valence-electron chi connectivity index (χ2n) is 6.63. The molecule has 166 valence electrons. The van der Waals surface area contributed by atoms with E-state index in [1.807, 2.05) is 18.2 Å². The topological polar surface area (TPSA) is 88.4 Å². The third-order valence-electron chi connectivity index (χ3n) is 4.49. The van der Waals surface area contributed by atoms with Gasteiger partial charge < -0.3 is 5.32 Å². The van der Waals surface area contributed by atoms with E-state index < -0.39 is 26.6 Å². The minimum Gasteiger partial charge on any atom is -0.369 e. The van der Waals surface area contributed by atoms with E-state index in [1.54, 1.807) is 22.8 Å². The number of anilines is 1. The van der Waals surface area contributed by atoms with Crippen LogP contribution in [0.1, 0.15) is 0 Å². The highest BCUT2D eigenvalue weighted by molar-refractivity contribution is 9.10. The summed E-state index contributed by atoms with van der Waals surface area (Å²) in [4.78, 5) is 3.97. The van der Waals surface area contributed by atoms with E-state index in [4.69, 9.17) is 11.6 Å². The van der Waals surface area contributed by atoms with E-state index in [2.05, 4.69) is 36.1 Å². The van der Waals surface area contributed by atoms with E-state index in [0.717, 1.165) is 17.7 Å². The summed E-state index contributed by atoms with van der Waals surface area (Å²) >= 11 is 9.72. The molecule has 32 heavy (non-hydrogen) atoms. The second kappa shape index (κ2) is 9.10. The maximum Gasteiger partial charge on any atom is 0.243 e. The molecule has 0 aliphatic carbocycles. The Balaban J connectivity index is 1.54. The number of nitrogens with one attached hydrogen (secondary N) is 2. The number of benzene rings is 2. The van der Waals surface area contributed by atoms with Crippen LogP contribution >= 0.6 is 27.5 Å². The third kappa shape index (κ3) is 4.60. The number of hydrogen-bond acceptors (Lipinski definition) is 5. The molecular weight excluding hydrogens is 528 g/mol. The number of sulfonamides is 1. The summed E-state index contributed by atoms with van der Waals surface area (Å²) in [6.45, 7) is 0.0907. The Morgan fingerprint density at radius 3 is 2.62 bits per heavy atom. The molecule has 7 nitrogen and oxygen atoms in total. The number of rotatable bonds is 7. The molecule has 0 saturated carbocycles. The van der Waals surface area contributed by atoms with Crippen LogP contribution in [0.3, 0.4) is 0 Å². The van der Waals surface area contributed by atoms with Crippen LogP contribution in [0.2, 0.25) is 5.02 Å². The van der Waals surface area contributed by atoms with E-state index in [-0.39, 0.29) is 13.1 Å². The van der Waals surface area contributed by atoms with Crippen molar-refractivity contribution in [3.63, 3.8) is 0 Å². The van der Waals surface area contributed by atoms with Crippen LogP contribution in [0, 0.1) is 11.6 Å². The quantitative estimate of drug-likeness (QED) is 0.336. The molecule has 0 saturated heterocycles. The van der Waals surface area contributed by atoms with Gasteiger partial charge in [-0.3, -0.25) is 0 Å². The Hall–Kier alpha value is -2.60. The van der Waals surface area contributed by atoms with Crippen molar-refractivity contribution in [3.05, 3.63) is 75.9 Å². The standard InChI is InChI=1S/C20H15BrClF2N5O2S/c21-14-11-26-29-19(10-17(28-20(14)29)13-3-1-2-4-15(13)22)25-7-8-27-32(30,31)18-6-5-12(23)9-16(18)24/h1-6,9-11,25,27H,7-8H2. The maximum atomic E-state index is 13.8. The van der Waals surface area contributed by atoms with Crippen molar-refractivity contribution in [3.8, 4) is 11.3 Å². The van der Waals surface area contributed by atoms with E-state index >= 15 is 0 Å². The zero-order valence-electron chi connectivity index (χ0n) is 16.2. The van der Waals surface area contributed by atoms with Gasteiger partial charge in [-0.1, -0.05) is 29.8 Å². The number of nitrogens with zero attached hydrogens (tertiary/aromatic N) is 3. The molecule has 0 radical (unpaired) electrons. The lowest BCUT2D eigenvalue weighted by atomic mass is 10.1. The van der Waals surface area contributed by atoms with Crippen molar-refractivity contribution in [2.75, 3.05) is 18.4 Å². The lowest BCUT2D eigenvalue weighted by molar-refractivity contribution is 0.543. The summed E-state index contributed by atoms with van der Waals surface area (Å²) < 4.78 is 56.0. The van der Waals surface area contributed by atoms with Gasteiger partial charge in [0, 0.05) is 35.8 Å². The number of halogens is 4. The molecule has 0 aliphatic heterocycles. The first-order valence-corrected chi connectivity index (χ1v) is 11.9. The first-order valence-electron chi connectivity index (χ1n) is 9.24. The highest BCUT2D eigenvalue weighted by atomic mass is 79.9. The Bertz CT molecular complexity index is 1410. The minimum atomic E-state index is -4.15. The first kappa shape index (κ1) is 22.6. The van der Waals surface area contributed by atoms with Crippen molar-refractivity contribution in [1.29, 1.82) is 0 Å². The molecule has 2 aromatic heterocycles. The molecule has 0 amide bonds. The maximum absolute atomic E-state index is 13.8. The molecule has 2 aromatic carbocycles. The molecule has 0 atom stereocenters. The Labute approximate surface area is 195 Å². The van der Waals surface area contributed by atoms with Crippen molar-refractivity contribution in [2.45, 2.75) is 4.90 Å². The van der Waals surface area contributed by atoms with Crippen LogP contribution in [0.5, 0.6) is 0 Å². The summed E-state index contributed by atoms with van der Waals surface area (Å²) in [6, 6.07) is 11.3. The summed E-state index contributed by atoms with van der Waals surface area (Å²) in [5, 5.41) is 7.88. The van der Waals surface area contributed by atoms with Gasteiger partial charge in [-0.2, -0.15) is 9.61 Å². The predicted molar refractivity (Wildman–Crippen MR) is 121 cm³/mol. The number of hydrogen-bond donors (Lipinski definition) is 2. The largest absolute Gasteiger partial charge is 0.369 e. The zero-order chi connectivity index (χ0) is 22.9. The van der Waals surface area contributed by atoms with Crippen LogP contribution in [-0.4, -0.2) is 36.1 Å². The van der Waals surface area contributed by atoms with E-state index in [1.165, 1.54) is 0 Å². The van der Waals surface area contributed by atoms with Crippen molar-refractivity contribution < 1.29 is 17.2 Å². The SMILES string of the molecule is O=S(=O)(NCCNc1cc(-c2ccccc2Cl)nc2c(Br)cnn12)c1ccc(F)cc1F. The molecule has 0 aliphatic rings. The minimum absolute atomic E-state index is 0.0627. The van der Waals surface area contributed by atoms with Gasteiger partial charge in [-0.15, -0.1) is 0 Å². The average Bonchev–Trinajstić information content (AvgIpc) is 3.12.